The van der Waals surface area contributed by atoms with Gasteiger partial charge < -0.3 is 4.74 Å². The standard InChI is InChI=1S/C15H13Cl3O/c1-2-11-8-12(4-5-13(11)17)19-15-6-3-10(9-16)7-14(15)18/h3-8H,2,9H2,1H3. The molecule has 0 atom stereocenters. The third kappa shape index (κ3) is 3.56. The third-order valence-corrected chi connectivity index (χ3v) is 3.75. The van der Waals surface area contributed by atoms with Crippen molar-refractivity contribution in [1.82, 2.24) is 0 Å². The van der Waals surface area contributed by atoms with Crippen LogP contribution >= 0.6 is 34.8 Å². The smallest absolute Gasteiger partial charge is 0.146 e. The fourth-order valence-corrected chi connectivity index (χ4v) is 2.38. The van der Waals surface area contributed by atoms with Gasteiger partial charge in [0.15, 0.2) is 0 Å². The second-order valence-corrected chi connectivity index (χ2v) is 5.19. The fraction of sp³-hybridized carbons (Fsp3) is 0.200. The fourth-order valence-electron chi connectivity index (χ4n) is 1.72. The molecule has 2 rings (SSSR count). The van der Waals surface area contributed by atoms with Crippen LogP contribution in [0.5, 0.6) is 11.5 Å². The van der Waals surface area contributed by atoms with Crippen LogP contribution in [0.1, 0.15) is 18.1 Å². The quantitative estimate of drug-likeness (QED) is 0.621. The second-order valence-electron chi connectivity index (χ2n) is 4.11. The molecular formula is C15H13Cl3O. The molecule has 0 amide bonds. The Morgan fingerprint density at radius 2 is 1.79 bits per heavy atom. The summed E-state index contributed by atoms with van der Waals surface area (Å²) in [5.74, 6) is 1.77. The average molecular weight is 316 g/mol. The average Bonchev–Trinajstić information content (AvgIpc) is 2.43. The zero-order valence-corrected chi connectivity index (χ0v) is 12.7. The van der Waals surface area contributed by atoms with Gasteiger partial charge in [-0.05, 0) is 47.9 Å². The summed E-state index contributed by atoms with van der Waals surface area (Å²) in [6, 6.07) is 11.1. The summed E-state index contributed by atoms with van der Waals surface area (Å²) < 4.78 is 5.77. The van der Waals surface area contributed by atoms with E-state index in [0.29, 0.717) is 16.7 Å². The van der Waals surface area contributed by atoms with Gasteiger partial charge in [0.05, 0.1) is 5.02 Å². The van der Waals surface area contributed by atoms with Gasteiger partial charge in [0.25, 0.3) is 0 Å². The predicted molar refractivity (Wildman–Crippen MR) is 81.9 cm³/mol. The number of halogens is 3. The van der Waals surface area contributed by atoms with E-state index in [0.717, 1.165) is 28.3 Å². The van der Waals surface area contributed by atoms with E-state index in [-0.39, 0.29) is 0 Å². The number of rotatable bonds is 4. The summed E-state index contributed by atoms with van der Waals surface area (Å²) >= 11 is 18.0. The summed E-state index contributed by atoms with van der Waals surface area (Å²) in [6.45, 7) is 2.05. The highest BCUT2D eigenvalue weighted by Gasteiger charge is 2.06. The molecule has 100 valence electrons. The molecule has 0 spiro atoms. The maximum Gasteiger partial charge on any atom is 0.146 e. The van der Waals surface area contributed by atoms with Crippen molar-refractivity contribution in [3.8, 4) is 11.5 Å². The molecule has 0 unspecified atom stereocenters. The van der Waals surface area contributed by atoms with Gasteiger partial charge in [0.1, 0.15) is 11.5 Å². The molecule has 0 bridgehead atoms. The lowest BCUT2D eigenvalue weighted by Gasteiger charge is -2.10. The van der Waals surface area contributed by atoms with Crippen LogP contribution in [0, 0.1) is 0 Å². The maximum atomic E-state index is 6.15. The zero-order valence-electron chi connectivity index (χ0n) is 10.4. The molecule has 0 saturated heterocycles. The maximum absolute atomic E-state index is 6.15. The van der Waals surface area contributed by atoms with Crippen LogP contribution in [-0.4, -0.2) is 0 Å². The first-order chi connectivity index (χ1) is 9.13. The lowest BCUT2D eigenvalue weighted by Crippen LogP contribution is -1.89. The van der Waals surface area contributed by atoms with Crippen LogP contribution in [0.15, 0.2) is 36.4 Å². The molecule has 1 nitrogen and oxygen atoms in total. The summed E-state index contributed by atoms with van der Waals surface area (Å²) in [5.41, 5.74) is 2.01. The van der Waals surface area contributed by atoms with Gasteiger partial charge in [-0.25, -0.2) is 0 Å². The van der Waals surface area contributed by atoms with E-state index < -0.39 is 0 Å². The number of hydrogen-bond donors (Lipinski definition) is 0. The summed E-state index contributed by atoms with van der Waals surface area (Å²) in [7, 11) is 0. The van der Waals surface area contributed by atoms with Gasteiger partial charge in [0.2, 0.25) is 0 Å². The number of ether oxygens (including phenoxy) is 1. The van der Waals surface area contributed by atoms with Crippen molar-refractivity contribution in [3.63, 3.8) is 0 Å². The van der Waals surface area contributed by atoms with Crippen LogP contribution in [0.25, 0.3) is 0 Å². The van der Waals surface area contributed by atoms with Crippen molar-refractivity contribution in [2.45, 2.75) is 19.2 Å². The Kier molecular flexibility index (Phi) is 4.98. The Morgan fingerprint density at radius 3 is 2.42 bits per heavy atom. The van der Waals surface area contributed by atoms with Crippen molar-refractivity contribution < 1.29 is 4.74 Å². The molecule has 0 N–H and O–H groups in total. The van der Waals surface area contributed by atoms with Gasteiger partial charge in [0, 0.05) is 10.9 Å². The van der Waals surface area contributed by atoms with Crippen LogP contribution in [-0.2, 0) is 12.3 Å². The van der Waals surface area contributed by atoms with E-state index in [1.54, 1.807) is 6.07 Å². The Balaban J connectivity index is 2.26. The number of benzene rings is 2. The van der Waals surface area contributed by atoms with Crippen LogP contribution < -0.4 is 4.74 Å². The minimum absolute atomic E-state index is 0.431. The summed E-state index contributed by atoms with van der Waals surface area (Å²) in [4.78, 5) is 0. The minimum atomic E-state index is 0.431. The van der Waals surface area contributed by atoms with E-state index >= 15 is 0 Å². The molecule has 0 aliphatic rings. The van der Waals surface area contributed by atoms with Gasteiger partial charge in [-0.15, -0.1) is 11.6 Å². The van der Waals surface area contributed by atoms with E-state index in [1.165, 1.54) is 0 Å². The zero-order chi connectivity index (χ0) is 13.8. The molecular weight excluding hydrogens is 303 g/mol. The first-order valence-corrected chi connectivity index (χ1v) is 7.23. The Morgan fingerprint density at radius 1 is 1.00 bits per heavy atom. The van der Waals surface area contributed by atoms with Crippen LogP contribution in [0.2, 0.25) is 10.0 Å². The Bertz CT molecular complexity index is 582. The molecule has 0 radical (unpaired) electrons. The highest BCUT2D eigenvalue weighted by Crippen LogP contribution is 2.32. The molecule has 0 aromatic heterocycles. The molecule has 4 heteroatoms. The molecule has 0 fully saturated rings. The molecule has 0 aliphatic heterocycles. The van der Waals surface area contributed by atoms with Gasteiger partial charge in [-0.3, -0.25) is 0 Å². The van der Waals surface area contributed by atoms with E-state index in [1.807, 2.05) is 37.3 Å². The largest absolute Gasteiger partial charge is 0.456 e. The van der Waals surface area contributed by atoms with Crippen molar-refractivity contribution >= 4 is 34.8 Å². The predicted octanol–water partition coefficient (Wildman–Crippen LogP) is 6.09. The summed E-state index contributed by atoms with van der Waals surface area (Å²) in [6.07, 6.45) is 0.856. The minimum Gasteiger partial charge on any atom is -0.456 e. The first kappa shape index (κ1) is 14.5. The Hall–Kier alpha value is -0.890. The third-order valence-electron chi connectivity index (χ3n) is 2.78. The highest BCUT2D eigenvalue weighted by molar-refractivity contribution is 6.32. The first-order valence-electron chi connectivity index (χ1n) is 5.94. The van der Waals surface area contributed by atoms with Crippen molar-refractivity contribution in [2.75, 3.05) is 0 Å². The number of hydrogen-bond acceptors (Lipinski definition) is 1. The number of alkyl halides is 1. The van der Waals surface area contributed by atoms with E-state index in [9.17, 15) is 0 Å². The lowest BCUT2D eigenvalue weighted by molar-refractivity contribution is 0.482. The van der Waals surface area contributed by atoms with E-state index in [4.69, 9.17) is 39.5 Å². The molecule has 2 aromatic rings. The monoisotopic (exact) mass is 314 g/mol. The molecule has 0 aliphatic carbocycles. The van der Waals surface area contributed by atoms with Gasteiger partial charge in [-0.2, -0.15) is 0 Å². The SMILES string of the molecule is CCc1cc(Oc2ccc(CCl)cc2Cl)ccc1Cl. The second kappa shape index (κ2) is 6.51. The highest BCUT2D eigenvalue weighted by atomic mass is 35.5. The summed E-state index contributed by atoms with van der Waals surface area (Å²) in [5, 5.41) is 1.30. The van der Waals surface area contributed by atoms with Gasteiger partial charge in [-0.1, -0.05) is 36.2 Å². The lowest BCUT2D eigenvalue weighted by atomic mass is 10.1. The number of aryl methyl sites for hydroxylation is 1. The van der Waals surface area contributed by atoms with Crippen LogP contribution in [0.4, 0.5) is 0 Å². The van der Waals surface area contributed by atoms with Gasteiger partial charge >= 0.3 is 0 Å². The normalized spacial score (nSPS) is 10.5. The van der Waals surface area contributed by atoms with Crippen molar-refractivity contribution in [3.05, 3.63) is 57.6 Å². The molecule has 0 saturated carbocycles. The molecule has 0 heterocycles. The van der Waals surface area contributed by atoms with Crippen LogP contribution in [0.3, 0.4) is 0 Å². The molecule has 19 heavy (non-hydrogen) atoms. The topological polar surface area (TPSA) is 9.23 Å². The van der Waals surface area contributed by atoms with Crippen molar-refractivity contribution in [2.24, 2.45) is 0 Å². The van der Waals surface area contributed by atoms with E-state index in [2.05, 4.69) is 0 Å². The van der Waals surface area contributed by atoms with Crippen molar-refractivity contribution in [1.29, 1.82) is 0 Å². The molecule has 2 aromatic carbocycles. The Labute approximate surface area is 128 Å².